The normalized spacial score (nSPS) is 29.4. The lowest BCUT2D eigenvalue weighted by Crippen LogP contribution is -2.57. The standard InChI is InChI=1S/C26H22Br2Cl2N2O4/c1-11-3-5-13(6-4-11)23(33)12(2)31(24(34)15-8-7-14(29)9-18(15)30)32-25(35)19-16-10-17(20(19)26(32)36)22(28)21(16)27/h3-9,12,16-17,19-22H,10H2,1-2H3/t12-,16+,17+,19-,20+,21-,22+/m0/s1. The second kappa shape index (κ2) is 9.53. The van der Waals surface area contributed by atoms with Crippen LogP contribution in [0.4, 0.5) is 0 Å². The molecule has 36 heavy (non-hydrogen) atoms. The molecule has 2 aliphatic carbocycles. The number of hydrogen-bond donors (Lipinski definition) is 0. The summed E-state index contributed by atoms with van der Waals surface area (Å²) < 4.78 is 0. The van der Waals surface area contributed by atoms with Gasteiger partial charge >= 0.3 is 0 Å². The number of hydrogen-bond acceptors (Lipinski definition) is 4. The van der Waals surface area contributed by atoms with Gasteiger partial charge in [-0.1, -0.05) is 84.9 Å². The van der Waals surface area contributed by atoms with E-state index in [1.807, 2.05) is 6.92 Å². The molecule has 1 heterocycles. The highest BCUT2D eigenvalue weighted by Gasteiger charge is 2.68. The number of aryl methyl sites for hydroxylation is 1. The van der Waals surface area contributed by atoms with E-state index in [0.29, 0.717) is 10.6 Å². The Morgan fingerprint density at radius 3 is 2.06 bits per heavy atom. The molecule has 0 N–H and O–H groups in total. The fourth-order valence-corrected chi connectivity index (χ4v) is 8.20. The van der Waals surface area contributed by atoms with Crippen molar-refractivity contribution >= 4 is 78.6 Å². The Bertz CT molecular complexity index is 1260. The van der Waals surface area contributed by atoms with Crippen molar-refractivity contribution in [2.45, 2.75) is 36.0 Å². The largest absolute Gasteiger partial charge is 0.292 e. The molecule has 0 radical (unpaired) electrons. The molecule has 2 aromatic carbocycles. The third-order valence-electron chi connectivity index (χ3n) is 7.63. The molecule has 1 saturated heterocycles. The summed E-state index contributed by atoms with van der Waals surface area (Å²) in [5.74, 6) is -3.19. The van der Waals surface area contributed by atoms with Crippen LogP contribution in [0.5, 0.6) is 0 Å². The zero-order chi connectivity index (χ0) is 26.0. The average Bonchev–Trinajstić information content (AvgIpc) is 3.45. The highest BCUT2D eigenvalue weighted by Crippen LogP contribution is 2.60. The number of imide groups is 1. The third kappa shape index (κ3) is 3.96. The molecular weight excluding hydrogens is 635 g/mol. The van der Waals surface area contributed by atoms with Gasteiger partial charge in [0.25, 0.3) is 17.7 Å². The molecule has 2 bridgehead atoms. The number of carbonyl (C=O) groups is 4. The predicted octanol–water partition coefficient (Wildman–Crippen LogP) is 5.71. The summed E-state index contributed by atoms with van der Waals surface area (Å²) in [5.41, 5.74) is 1.39. The molecule has 2 saturated carbocycles. The summed E-state index contributed by atoms with van der Waals surface area (Å²) in [6.45, 7) is 3.42. The number of hydrazine groups is 1. The van der Waals surface area contributed by atoms with Gasteiger partial charge < -0.3 is 0 Å². The van der Waals surface area contributed by atoms with Crippen molar-refractivity contribution < 1.29 is 19.2 Å². The van der Waals surface area contributed by atoms with E-state index in [-0.39, 0.29) is 32.1 Å². The first kappa shape index (κ1) is 25.9. The Morgan fingerprint density at radius 1 is 0.972 bits per heavy atom. The maximum absolute atomic E-state index is 13.9. The lowest BCUT2D eigenvalue weighted by molar-refractivity contribution is -0.157. The fourth-order valence-electron chi connectivity index (χ4n) is 5.84. The quantitative estimate of drug-likeness (QED) is 0.235. The Balaban J connectivity index is 1.57. The summed E-state index contributed by atoms with van der Waals surface area (Å²) in [5, 5.41) is 2.29. The Morgan fingerprint density at radius 2 is 1.53 bits per heavy atom. The van der Waals surface area contributed by atoms with Gasteiger partial charge in [-0.05, 0) is 50.3 Å². The first-order valence-electron chi connectivity index (χ1n) is 11.6. The maximum Gasteiger partial charge on any atom is 0.275 e. The van der Waals surface area contributed by atoms with Gasteiger partial charge in [0.2, 0.25) is 0 Å². The Hall–Kier alpha value is -1.74. The monoisotopic (exact) mass is 654 g/mol. The van der Waals surface area contributed by atoms with Crippen LogP contribution < -0.4 is 0 Å². The molecular formula is C26H22Br2Cl2N2O4. The smallest absolute Gasteiger partial charge is 0.275 e. The zero-order valence-corrected chi connectivity index (χ0v) is 24.0. The topological polar surface area (TPSA) is 74.8 Å². The van der Waals surface area contributed by atoms with Crippen LogP contribution in [-0.4, -0.2) is 49.2 Å². The zero-order valence-electron chi connectivity index (χ0n) is 19.3. The van der Waals surface area contributed by atoms with Gasteiger partial charge in [-0.25, -0.2) is 5.01 Å². The van der Waals surface area contributed by atoms with E-state index in [2.05, 4.69) is 31.9 Å². The maximum atomic E-state index is 13.9. The van der Waals surface area contributed by atoms with Crippen LogP contribution in [0.2, 0.25) is 10.0 Å². The number of alkyl halides is 2. The minimum atomic E-state index is -1.14. The van der Waals surface area contributed by atoms with Crippen LogP contribution in [0, 0.1) is 30.6 Å². The summed E-state index contributed by atoms with van der Waals surface area (Å²) in [4.78, 5) is 55.1. The van der Waals surface area contributed by atoms with Crippen LogP contribution >= 0.6 is 55.1 Å². The number of fused-ring (bicyclic) bond motifs is 5. The van der Waals surface area contributed by atoms with E-state index in [0.717, 1.165) is 22.0 Å². The van der Waals surface area contributed by atoms with Crippen molar-refractivity contribution in [2.75, 3.05) is 0 Å². The number of benzene rings is 2. The van der Waals surface area contributed by atoms with Crippen molar-refractivity contribution in [3.63, 3.8) is 0 Å². The van der Waals surface area contributed by atoms with E-state index in [1.165, 1.54) is 25.1 Å². The number of rotatable bonds is 5. The molecule has 0 aromatic heterocycles. The van der Waals surface area contributed by atoms with Crippen LogP contribution in [0.15, 0.2) is 42.5 Å². The van der Waals surface area contributed by atoms with Crippen LogP contribution in [0.3, 0.4) is 0 Å². The number of amides is 3. The molecule has 3 amide bonds. The molecule has 7 atom stereocenters. The Kier molecular flexibility index (Phi) is 6.86. The van der Waals surface area contributed by atoms with Gasteiger partial charge in [0.05, 0.1) is 22.4 Å². The van der Waals surface area contributed by atoms with Gasteiger partial charge in [-0.15, -0.1) is 0 Å². The van der Waals surface area contributed by atoms with E-state index in [4.69, 9.17) is 23.2 Å². The summed E-state index contributed by atoms with van der Waals surface area (Å²) in [6, 6.07) is 10.1. The highest BCUT2D eigenvalue weighted by molar-refractivity contribution is 9.12. The minimum absolute atomic E-state index is 0.0370. The lowest BCUT2D eigenvalue weighted by Gasteiger charge is -2.35. The molecule has 10 heteroatoms. The molecule has 188 valence electrons. The Labute approximate surface area is 235 Å². The van der Waals surface area contributed by atoms with E-state index < -0.39 is 41.4 Å². The number of halogens is 4. The van der Waals surface area contributed by atoms with Crippen LogP contribution in [-0.2, 0) is 9.59 Å². The summed E-state index contributed by atoms with van der Waals surface area (Å²) in [7, 11) is 0. The van der Waals surface area contributed by atoms with E-state index >= 15 is 0 Å². The molecule has 5 rings (SSSR count). The van der Waals surface area contributed by atoms with E-state index in [1.54, 1.807) is 24.3 Å². The van der Waals surface area contributed by atoms with E-state index in [9.17, 15) is 19.2 Å². The molecule has 0 spiro atoms. The number of carbonyl (C=O) groups excluding carboxylic acids is 4. The first-order valence-corrected chi connectivity index (χ1v) is 14.2. The number of nitrogens with zero attached hydrogens (tertiary/aromatic N) is 2. The van der Waals surface area contributed by atoms with Crippen molar-refractivity contribution in [2.24, 2.45) is 23.7 Å². The number of Topliss-reactive ketones (excluding diaryl/α,β-unsaturated/α-hetero) is 1. The van der Waals surface area contributed by atoms with Crippen molar-refractivity contribution in [3.05, 3.63) is 69.2 Å². The van der Waals surface area contributed by atoms with Crippen LogP contribution in [0.25, 0.3) is 0 Å². The predicted molar refractivity (Wildman–Crippen MR) is 143 cm³/mol. The van der Waals surface area contributed by atoms with Crippen LogP contribution in [0.1, 0.15) is 39.6 Å². The molecule has 1 aliphatic heterocycles. The third-order valence-corrected chi connectivity index (χ3v) is 11.4. The first-order chi connectivity index (χ1) is 17.0. The second-order valence-electron chi connectivity index (χ2n) is 9.67. The second-order valence-corrected chi connectivity index (χ2v) is 12.6. The fraction of sp³-hybridized carbons (Fsp3) is 0.385. The molecule has 3 aliphatic rings. The lowest BCUT2D eigenvalue weighted by atomic mass is 9.81. The van der Waals surface area contributed by atoms with Gasteiger partial charge in [0, 0.05) is 20.2 Å². The van der Waals surface area contributed by atoms with Gasteiger partial charge in [-0.2, -0.15) is 5.01 Å². The summed E-state index contributed by atoms with van der Waals surface area (Å²) >= 11 is 19.7. The molecule has 0 unspecified atom stereocenters. The minimum Gasteiger partial charge on any atom is -0.292 e. The molecule has 2 aromatic rings. The van der Waals surface area contributed by atoms with Gasteiger partial charge in [0.1, 0.15) is 6.04 Å². The molecule has 6 nitrogen and oxygen atoms in total. The SMILES string of the molecule is Cc1ccc(C(=O)[C@H](C)N(C(=O)c2ccc(Cl)cc2Cl)N2C(=O)[C@@H]3[C@H]4C[C@@H]([C@H](Br)[C@@H]4Br)[C@@H]3C2=O)cc1. The van der Waals surface area contributed by atoms with Crippen molar-refractivity contribution in [1.82, 2.24) is 10.0 Å². The van der Waals surface area contributed by atoms with Gasteiger partial charge in [0.15, 0.2) is 5.78 Å². The van der Waals surface area contributed by atoms with Crippen molar-refractivity contribution in [1.29, 1.82) is 0 Å². The number of ketones is 1. The molecule has 3 fully saturated rings. The van der Waals surface area contributed by atoms with Crippen molar-refractivity contribution in [3.8, 4) is 0 Å². The van der Waals surface area contributed by atoms with Gasteiger partial charge in [-0.3, -0.25) is 19.2 Å². The highest BCUT2D eigenvalue weighted by atomic mass is 79.9. The summed E-state index contributed by atoms with van der Waals surface area (Å²) in [6.07, 6.45) is 0.751. The average molecular weight is 657 g/mol.